The Hall–Kier alpha value is -1.94. The first-order chi connectivity index (χ1) is 7.74. The number of ketones is 1. The Kier molecular flexibility index (Phi) is 4.95. The van der Waals surface area contributed by atoms with Gasteiger partial charge >= 0.3 is 0 Å². The largest absolute Gasteiger partial charge is 0.364 e. The molecular weight excluding hydrogens is 206 g/mol. The first-order valence-electron chi connectivity index (χ1n) is 4.78. The van der Waals surface area contributed by atoms with Crippen LogP contribution in [0.1, 0.15) is 5.56 Å². The van der Waals surface area contributed by atoms with Gasteiger partial charge in [0.15, 0.2) is 0 Å². The Morgan fingerprint density at radius 2 is 2.00 bits per heavy atom. The molecule has 0 saturated carbocycles. The van der Waals surface area contributed by atoms with Gasteiger partial charge in [0, 0.05) is 7.11 Å². The molecule has 0 aliphatic carbocycles. The monoisotopic (exact) mass is 219 g/mol. The summed E-state index contributed by atoms with van der Waals surface area (Å²) in [6, 6.07) is 9.28. The second-order valence-corrected chi connectivity index (χ2v) is 3.05. The van der Waals surface area contributed by atoms with Crippen LogP contribution < -0.4 is 5.32 Å². The van der Waals surface area contributed by atoms with E-state index in [1.54, 1.807) is 6.08 Å². The standard InChI is InChI=1S/C12H13NO3/c1-16-9-13-12(15)11(14)8-7-10-5-3-2-4-6-10/h2-8H,9H2,1H3,(H,13,15)/b8-7+. The van der Waals surface area contributed by atoms with Gasteiger partial charge in [0.05, 0.1) is 0 Å². The van der Waals surface area contributed by atoms with E-state index in [2.05, 4.69) is 10.1 Å². The molecule has 0 spiro atoms. The second kappa shape index (κ2) is 6.53. The molecule has 1 N–H and O–H groups in total. The lowest BCUT2D eigenvalue weighted by molar-refractivity contribution is -0.136. The molecule has 0 aromatic heterocycles. The maximum absolute atomic E-state index is 11.3. The molecular formula is C12H13NO3. The molecule has 0 saturated heterocycles. The predicted octanol–water partition coefficient (Wildman–Crippen LogP) is 0.989. The average Bonchev–Trinajstić information content (AvgIpc) is 2.34. The van der Waals surface area contributed by atoms with Crippen molar-refractivity contribution in [3.63, 3.8) is 0 Å². The fraction of sp³-hybridized carbons (Fsp3) is 0.167. The van der Waals surface area contributed by atoms with Gasteiger partial charge in [-0.1, -0.05) is 36.4 Å². The summed E-state index contributed by atoms with van der Waals surface area (Å²) in [6.45, 7) is 0.0315. The number of amides is 1. The minimum absolute atomic E-state index is 0.0315. The second-order valence-electron chi connectivity index (χ2n) is 3.05. The van der Waals surface area contributed by atoms with Crippen molar-refractivity contribution in [2.75, 3.05) is 13.8 Å². The zero-order chi connectivity index (χ0) is 11.8. The SMILES string of the molecule is COCNC(=O)C(=O)/C=C/c1ccccc1. The van der Waals surface area contributed by atoms with Gasteiger partial charge in [-0.05, 0) is 11.6 Å². The van der Waals surface area contributed by atoms with E-state index in [1.807, 2.05) is 30.3 Å². The van der Waals surface area contributed by atoms with Crippen molar-refractivity contribution in [2.45, 2.75) is 0 Å². The lowest BCUT2D eigenvalue weighted by Crippen LogP contribution is -2.31. The van der Waals surface area contributed by atoms with Gasteiger partial charge in [-0.3, -0.25) is 9.59 Å². The molecule has 1 aromatic rings. The van der Waals surface area contributed by atoms with Crippen molar-refractivity contribution in [1.29, 1.82) is 0 Å². The van der Waals surface area contributed by atoms with E-state index in [0.29, 0.717) is 0 Å². The maximum Gasteiger partial charge on any atom is 0.293 e. The molecule has 0 heterocycles. The van der Waals surface area contributed by atoms with Gasteiger partial charge in [-0.25, -0.2) is 0 Å². The molecule has 0 aliphatic heterocycles. The Labute approximate surface area is 93.9 Å². The number of carbonyl (C=O) groups is 2. The summed E-state index contributed by atoms with van der Waals surface area (Å²) in [5.74, 6) is -1.27. The van der Waals surface area contributed by atoms with Crippen LogP contribution in [0.25, 0.3) is 6.08 Å². The lowest BCUT2D eigenvalue weighted by Gasteiger charge is -1.99. The third-order valence-corrected chi connectivity index (χ3v) is 1.83. The van der Waals surface area contributed by atoms with E-state index in [9.17, 15) is 9.59 Å². The van der Waals surface area contributed by atoms with E-state index < -0.39 is 11.7 Å². The minimum atomic E-state index is -0.672. The van der Waals surface area contributed by atoms with Crippen LogP contribution in [0.5, 0.6) is 0 Å². The van der Waals surface area contributed by atoms with Crippen molar-refractivity contribution in [3.8, 4) is 0 Å². The van der Waals surface area contributed by atoms with Crippen LogP contribution in [0.4, 0.5) is 0 Å². The van der Waals surface area contributed by atoms with Gasteiger partial charge in [0.2, 0.25) is 5.78 Å². The molecule has 0 fully saturated rings. The summed E-state index contributed by atoms with van der Waals surface area (Å²) in [5.41, 5.74) is 0.871. The number of nitrogens with one attached hydrogen (secondary N) is 1. The highest BCUT2D eigenvalue weighted by Gasteiger charge is 2.07. The maximum atomic E-state index is 11.3. The van der Waals surface area contributed by atoms with E-state index in [4.69, 9.17) is 0 Å². The van der Waals surface area contributed by atoms with Crippen molar-refractivity contribution >= 4 is 17.8 Å². The van der Waals surface area contributed by atoms with Gasteiger partial charge in [0.25, 0.3) is 5.91 Å². The molecule has 0 bridgehead atoms. The Balaban J connectivity index is 2.51. The fourth-order valence-corrected chi connectivity index (χ4v) is 1.04. The number of carbonyl (C=O) groups excluding carboxylic acids is 2. The normalized spacial score (nSPS) is 10.3. The third-order valence-electron chi connectivity index (χ3n) is 1.83. The highest BCUT2D eigenvalue weighted by Crippen LogP contribution is 2.00. The number of hydrogen-bond acceptors (Lipinski definition) is 3. The molecule has 1 amide bonds. The van der Waals surface area contributed by atoms with Crippen LogP contribution in [-0.4, -0.2) is 25.5 Å². The average molecular weight is 219 g/mol. The fourth-order valence-electron chi connectivity index (χ4n) is 1.04. The number of methoxy groups -OCH3 is 1. The molecule has 0 unspecified atom stereocenters. The van der Waals surface area contributed by atoms with E-state index in [0.717, 1.165) is 5.56 Å². The molecule has 4 nitrogen and oxygen atoms in total. The van der Waals surface area contributed by atoms with Crippen LogP contribution in [0.3, 0.4) is 0 Å². The molecule has 0 atom stereocenters. The summed E-state index contributed by atoms with van der Waals surface area (Å²) >= 11 is 0. The summed E-state index contributed by atoms with van der Waals surface area (Å²) in [7, 11) is 1.44. The van der Waals surface area contributed by atoms with E-state index in [1.165, 1.54) is 13.2 Å². The molecule has 1 aromatic carbocycles. The van der Waals surface area contributed by atoms with E-state index in [-0.39, 0.29) is 6.73 Å². The summed E-state index contributed by atoms with van der Waals surface area (Å²) < 4.78 is 4.62. The van der Waals surface area contributed by atoms with Crippen molar-refractivity contribution in [3.05, 3.63) is 42.0 Å². The zero-order valence-electron chi connectivity index (χ0n) is 8.97. The number of rotatable bonds is 5. The minimum Gasteiger partial charge on any atom is -0.364 e. The Morgan fingerprint density at radius 3 is 2.62 bits per heavy atom. The molecule has 1 rings (SSSR count). The van der Waals surface area contributed by atoms with Gasteiger partial charge in [-0.2, -0.15) is 0 Å². The highest BCUT2D eigenvalue weighted by molar-refractivity contribution is 6.41. The predicted molar refractivity (Wildman–Crippen MR) is 60.5 cm³/mol. The summed E-state index contributed by atoms with van der Waals surface area (Å²) in [5, 5.41) is 2.31. The number of benzene rings is 1. The first kappa shape index (κ1) is 12.1. The topological polar surface area (TPSA) is 55.4 Å². The van der Waals surface area contributed by atoms with Crippen LogP contribution in [0.2, 0.25) is 0 Å². The molecule has 0 radical (unpaired) electrons. The number of ether oxygens (including phenoxy) is 1. The summed E-state index contributed by atoms with van der Waals surface area (Å²) in [4.78, 5) is 22.4. The lowest BCUT2D eigenvalue weighted by atomic mass is 10.2. The number of hydrogen-bond donors (Lipinski definition) is 1. The van der Waals surface area contributed by atoms with Crippen LogP contribution in [0, 0.1) is 0 Å². The van der Waals surface area contributed by atoms with Gasteiger partial charge in [0.1, 0.15) is 6.73 Å². The zero-order valence-corrected chi connectivity index (χ0v) is 8.97. The third kappa shape index (κ3) is 4.06. The molecule has 0 aliphatic rings. The smallest absolute Gasteiger partial charge is 0.293 e. The van der Waals surface area contributed by atoms with Gasteiger partial charge < -0.3 is 10.1 Å². The van der Waals surface area contributed by atoms with Crippen molar-refractivity contribution in [2.24, 2.45) is 0 Å². The molecule has 84 valence electrons. The Morgan fingerprint density at radius 1 is 1.31 bits per heavy atom. The highest BCUT2D eigenvalue weighted by atomic mass is 16.5. The first-order valence-corrected chi connectivity index (χ1v) is 4.78. The van der Waals surface area contributed by atoms with Crippen LogP contribution >= 0.6 is 0 Å². The molecule has 4 heteroatoms. The van der Waals surface area contributed by atoms with Crippen LogP contribution in [-0.2, 0) is 14.3 Å². The van der Waals surface area contributed by atoms with E-state index >= 15 is 0 Å². The summed E-state index contributed by atoms with van der Waals surface area (Å²) in [6.07, 6.45) is 2.83. The Bertz CT molecular complexity index is 385. The van der Waals surface area contributed by atoms with Crippen LogP contribution in [0.15, 0.2) is 36.4 Å². The quantitative estimate of drug-likeness (QED) is 0.456. The van der Waals surface area contributed by atoms with Crippen molar-refractivity contribution < 1.29 is 14.3 Å². The van der Waals surface area contributed by atoms with Crippen molar-refractivity contribution in [1.82, 2.24) is 5.32 Å². The van der Waals surface area contributed by atoms with Gasteiger partial charge in [-0.15, -0.1) is 0 Å². The molecule has 16 heavy (non-hydrogen) atoms.